The van der Waals surface area contributed by atoms with E-state index in [-0.39, 0.29) is 12.5 Å². The Labute approximate surface area is 157 Å². The van der Waals surface area contributed by atoms with E-state index >= 15 is 0 Å². The van der Waals surface area contributed by atoms with Crippen molar-refractivity contribution >= 4 is 23.5 Å². The average molecular weight is 363 g/mol. The molecule has 2 aliphatic rings. The normalized spacial score (nSPS) is 21.3. The van der Waals surface area contributed by atoms with E-state index in [0.717, 1.165) is 24.2 Å². The van der Waals surface area contributed by atoms with Crippen molar-refractivity contribution in [1.82, 2.24) is 5.32 Å². The fraction of sp³-hybridized carbons (Fsp3) is 0.286. The van der Waals surface area contributed by atoms with Gasteiger partial charge in [0.25, 0.3) is 0 Å². The van der Waals surface area contributed by atoms with Gasteiger partial charge in [0.05, 0.1) is 6.61 Å². The lowest BCUT2D eigenvalue weighted by molar-refractivity contribution is -0.153. The lowest BCUT2D eigenvalue weighted by Gasteiger charge is -2.32. The van der Waals surface area contributed by atoms with Crippen LogP contribution in [0.4, 0.5) is 5.69 Å². The number of fused-ring (bicyclic) bond motifs is 1. The summed E-state index contributed by atoms with van der Waals surface area (Å²) >= 11 is 0. The van der Waals surface area contributed by atoms with Crippen LogP contribution in [0.3, 0.4) is 0 Å². The Morgan fingerprint density at radius 1 is 1.19 bits per heavy atom. The van der Waals surface area contributed by atoms with Crippen LogP contribution >= 0.6 is 0 Å². The molecule has 0 fully saturated rings. The highest BCUT2D eigenvalue weighted by atomic mass is 16.5. The molecule has 1 amide bonds. The molecule has 6 nitrogen and oxygen atoms in total. The maximum Gasteiger partial charge on any atom is 0.321 e. The number of nitrogens with zero attached hydrogens (tertiary/aromatic N) is 2. The molecule has 0 bridgehead atoms. The van der Waals surface area contributed by atoms with Crippen molar-refractivity contribution < 1.29 is 14.3 Å². The number of rotatable bonds is 3. The van der Waals surface area contributed by atoms with Crippen molar-refractivity contribution in [2.24, 2.45) is 10.9 Å². The van der Waals surface area contributed by atoms with E-state index < -0.39 is 17.9 Å². The Bertz CT molecular complexity index is 895. The molecular formula is C21H21N3O3. The molecule has 2 aliphatic heterocycles. The van der Waals surface area contributed by atoms with Crippen LogP contribution in [0.5, 0.6) is 0 Å². The van der Waals surface area contributed by atoms with E-state index in [1.807, 2.05) is 53.4 Å². The number of hydrogen-bond acceptors (Lipinski definition) is 5. The SMILES string of the molecule is CCOC(=O)[C@H]1C(=O)NC(N2CCc3ccccc32)=N[C@H]1c1ccccc1. The van der Waals surface area contributed by atoms with E-state index in [2.05, 4.69) is 11.4 Å². The molecule has 0 aliphatic carbocycles. The van der Waals surface area contributed by atoms with Gasteiger partial charge >= 0.3 is 5.97 Å². The highest BCUT2D eigenvalue weighted by Gasteiger charge is 2.42. The zero-order chi connectivity index (χ0) is 18.8. The third-order valence-corrected chi connectivity index (χ3v) is 4.92. The van der Waals surface area contributed by atoms with E-state index in [4.69, 9.17) is 9.73 Å². The number of carbonyl (C=O) groups excluding carboxylic acids is 2. The van der Waals surface area contributed by atoms with Gasteiger partial charge in [-0.1, -0.05) is 48.5 Å². The van der Waals surface area contributed by atoms with Gasteiger partial charge in [0.15, 0.2) is 5.92 Å². The van der Waals surface area contributed by atoms with E-state index in [1.54, 1.807) is 6.92 Å². The zero-order valence-electron chi connectivity index (χ0n) is 15.1. The fourth-order valence-corrected chi connectivity index (χ4v) is 3.65. The highest BCUT2D eigenvalue weighted by molar-refractivity contribution is 6.13. The van der Waals surface area contributed by atoms with Crippen LogP contribution in [0.2, 0.25) is 0 Å². The Hall–Kier alpha value is -3.15. The van der Waals surface area contributed by atoms with Crippen molar-refractivity contribution in [2.45, 2.75) is 19.4 Å². The van der Waals surface area contributed by atoms with Crippen LogP contribution in [0.25, 0.3) is 0 Å². The first-order valence-corrected chi connectivity index (χ1v) is 9.14. The van der Waals surface area contributed by atoms with Gasteiger partial charge in [0.1, 0.15) is 6.04 Å². The largest absolute Gasteiger partial charge is 0.465 e. The minimum atomic E-state index is -0.992. The second-order valence-corrected chi connectivity index (χ2v) is 6.56. The summed E-state index contributed by atoms with van der Waals surface area (Å²) in [5, 5.41) is 2.82. The molecule has 0 saturated heterocycles. The number of anilines is 1. The molecule has 138 valence electrons. The van der Waals surface area contributed by atoms with Crippen LogP contribution in [0.15, 0.2) is 59.6 Å². The number of amides is 1. The number of benzene rings is 2. The van der Waals surface area contributed by atoms with Gasteiger partial charge < -0.3 is 9.64 Å². The standard InChI is InChI=1S/C21H21N3O3/c1-2-27-20(26)17-18(15-9-4-3-5-10-15)22-21(23-19(17)25)24-13-12-14-8-6-7-11-16(14)24/h3-11,17-18H,2,12-13H2,1H3,(H,22,23,25)/t17-,18+/m1/s1. The maximum absolute atomic E-state index is 12.9. The number of esters is 1. The van der Waals surface area contributed by atoms with Crippen LogP contribution < -0.4 is 10.2 Å². The minimum absolute atomic E-state index is 0.222. The number of ether oxygens (including phenoxy) is 1. The molecule has 0 saturated carbocycles. The quantitative estimate of drug-likeness (QED) is 0.672. The molecule has 0 radical (unpaired) electrons. The summed E-state index contributed by atoms with van der Waals surface area (Å²) in [6.07, 6.45) is 0.891. The molecule has 2 aromatic rings. The summed E-state index contributed by atoms with van der Waals surface area (Å²) in [6.45, 7) is 2.69. The lowest BCUT2D eigenvalue weighted by atomic mass is 9.91. The van der Waals surface area contributed by atoms with Gasteiger partial charge in [-0.2, -0.15) is 0 Å². The number of para-hydroxylation sites is 1. The summed E-state index contributed by atoms with van der Waals surface area (Å²) in [7, 11) is 0. The average Bonchev–Trinajstić information content (AvgIpc) is 3.12. The Balaban J connectivity index is 1.74. The van der Waals surface area contributed by atoms with Gasteiger partial charge in [-0.15, -0.1) is 0 Å². The Morgan fingerprint density at radius 2 is 1.93 bits per heavy atom. The van der Waals surface area contributed by atoms with E-state index in [1.165, 1.54) is 5.56 Å². The number of nitrogens with one attached hydrogen (secondary N) is 1. The Morgan fingerprint density at radius 3 is 2.70 bits per heavy atom. The first-order valence-electron chi connectivity index (χ1n) is 9.14. The van der Waals surface area contributed by atoms with E-state index in [9.17, 15) is 9.59 Å². The van der Waals surface area contributed by atoms with Crippen molar-refractivity contribution in [1.29, 1.82) is 0 Å². The lowest BCUT2D eigenvalue weighted by Crippen LogP contribution is -2.52. The number of guanidine groups is 1. The number of carbonyl (C=O) groups is 2. The third-order valence-electron chi connectivity index (χ3n) is 4.92. The first kappa shape index (κ1) is 17.3. The molecule has 2 aromatic carbocycles. The molecule has 0 unspecified atom stereocenters. The summed E-state index contributed by atoms with van der Waals surface area (Å²) in [5.41, 5.74) is 3.08. The fourth-order valence-electron chi connectivity index (χ4n) is 3.65. The van der Waals surface area contributed by atoms with Crippen LogP contribution in [0.1, 0.15) is 24.1 Å². The smallest absolute Gasteiger partial charge is 0.321 e. The van der Waals surface area contributed by atoms with Crippen LogP contribution in [-0.2, 0) is 20.7 Å². The van der Waals surface area contributed by atoms with Crippen molar-refractivity contribution in [3.63, 3.8) is 0 Å². The number of aliphatic imine (C=N–C) groups is 1. The molecule has 27 heavy (non-hydrogen) atoms. The van der Waals surface area contributed by atoms with Gasteiger partial charge in [0.2, 0.25) is 11.9 Å². The second kappa shape index (κ2) is 7.23. The van der Waals surface area contributed by atoms with Crippen molar-refractivity contribution in [2.75, 3.05) is 18.1 Å². The monoisotopic (exact) mass is 363 g/mol. The first-order chi connectivity index (χ1) is 13.2. The van der Waals surface area contributed by atoms with Crippen molar-refractivity contribution in [3.8, 4) is 0 Å². The molecule has 4 rings (SSSR count). The summed E-state index contributed by atoms with van der Waals surface area (Å²) < 4.78 is 5.14. The molecule has 6 heteroatoms. The molecular weight excluding hydrogens is 342 g/mol. The second-order valence-electron chi connectivity index (χ2n) is 6.56. The predicted molar refractivity (Wildman–Crippen MR) is 102 cm³/mol. The molecule has 2 atom stereocenters. The third kappa shape index (κ3) is 3.18. The molecule has 2 heterocycles. The van der Waals surface area contributed by atoms with Gasteiger partial charge in [-0.25, -0.2) is 4.99 Å². The van der Waals surface area contributed by atoms with Gasteiger partial charge in [-0.3, -0.25) is 14.9 Å². The molecule has 1 N–H and O–H groups in total. The minimum Gasteiger partial charge on any atom is -0.465 e. The van der Waals surface area contributed by atoms with Gasteiger partial charge in [-0.05, 0) is 30.5 Å². The Kier molecular flexibility index (Phi) is 4.62. The summed E-state index contributed by atoms with van der Waals surface area (Å²) in [5.74, 6) is -1.43. The number of hydrogen-bond donors (Lipinski definition) is 1. The highest BCUT2D eigenvalue weighted by Crippen LogP contribution is 2.33. The van der Waals surface area contributed by atoms with E-state index in [0.29, 0.717) is 5.96 Å². The summed E-state index contributed by atoms with van der Waals surface area (Å²) in [6, 6.07) is 16.9. The maximum atomic E-state index is 12.9. The van der Waals surface area contributed by atoms with Gasteiger partial charge in [0, 0.05) is 12.2 Å². The van der Waals surface area contributed by atoms with Crippen LogP contribution in [-0.4, -0.2) is 31.0 Å². The molecule has 0 aromatic heterocycles. The zero-order valence-corrected chi connectivity index (χ0v) is 15.1. The van der Waals surface area contributed by atoms with Crippen LogP contribution in [0, 0.1) is 5.92 Å². The summed E-state index contributed by atoms with van der Waals surface area (Å²) in [4.78, 5) is 32.1. The van der Waals surface area contributed by atoms with Crippen molar-refractivity contribution in [3.05, 3.63) is 65.7 Å². The molecule has 0 spiro atoms. The predicted octanol–water partition coefficient (Wildman–Crippen LogP) is 2.46. The topological polar surface area (TPSA) is 71.0 Å².